The molecule has 0 aliphatic rings. The minimum atomic E-state index is -4.48. The van der Waals surface area contributed by atoms with E-state index in [1.54, 1.807) is 0 Å². The molecule has 3 aromatic rings. The van der Waals surface area contributed by atoms with Crippen molar-refractivity contribution >= 4 is 5.65 Å². The van der Waals surface area contributed by atoms with E-state index in [0.717, 1.165) is 4.40 Å². The molecule has 0 spiro atoms. The number of halogens is 5. The average Bonchev–Trinajstić information content (AvgIpc) is 3.12. The summed E-state index contributed by atoms with van der Waals surface area (Å²) in [5, 5.41) is 7.05. The third kappa shape index (κ3) is 5.56. The van der Waals surface area contributed by atoms with Crippen LogP contribution < -0.4 is 4.74 Å². The molecule has 0 bridgehead atoms. The first-order chi connectivity index (χ1) is 13.7. The maximum absolute atomic E-state index is 14.0. The first-order valence-electron chi connectivity index (χ1n) is 8.58. The molecule has 0 fully saturated rings. The fourth-order valence-electron chi connectivity index (χ4n) is 2.17. The maximum Gasteiger partial charge on any atom is 0.422 e. The van der Waals surface area contributed by atoms with Crippen molar-refractivity contribution in [1.29, 1.82) is 0 Å². The van der Waals surface area contributed by atoms with Crippen molar-refractivity contribution in [2.24, 2.45) is 0 Å². The van der Waals surface area contributed by atoms with Crippen LogP contribution >= 0.6 is 0 Å². The molecule has 0 aliphatic heterocycles. The lowest BCUT2D eigenvalue weighted by molar-refractivity contribution is -0.251. The minimum absolute atomic E-state index is 0.0752. The standard InChI is InChI=1S/C15H12F5N5O2.C2H6/c1-2-27-15(19,20)13-24-23-11-6-21-10(7-25(11)13)9-3-4-12(22-5-9)26-8-14(16,17)18;1-2/h3-7H,2,8H2,1H3;1-2H3. The largest absolute Gasteiger partial charge is 0.468 e. The van der Waals surface area contributed by atoms with Crippen LogP contribution in [0.2, 0.25) is 0 Å². The van der Waals surface area contributed by atoms with E-state index in [2.05, 4.69) is 29.6 Å². The van der Waals surface area contributed by atoms with Crippen LogP contribution in [-0.2, 0) is 10.8 Å². The van der Waals surface area contributed by atoms with Crippen LogP contribution in [0.15, 0.2) is 30.7 Å². The van der Waals surface area contributed by atoms with E-state index in [1.807, 2.05) is 13.8 Å². The molecule has 0 atom stereocenters. The van der Waals surface area contributed by atoms with Crippen molar-refractivity contribution < 1.29 is 31.4 Å². The Morgan fingerprint density at radius 2 is 1.72 bits per heavy atom. The molecule has 0 radical (unpaired) electrons. The number of aromatic nitrogens is 5. The van der Waals surface area contributed by atoms with E-state index in [-0.39, 0.29) is 23.8 Å². The van der Waals surface area contributed by atoms with Gasteiger partial charge in [-0.2, -0.15) is 22.0 Å². The summed E-state index contributed by atoms with van der Waals surface area (Å²) in [7, 11) is 0. The summed E-state index contributed by atoms with van der Waals surface area (Å²) in [4.78, 5) is 7.81. The molecule has 0 saturated heterocycles. The van der Waals surface area contributed by atoms with Gasteiger partial charge < -0.3 is 9.47 Å². The van der Waals surface area contributed by atoms with Crippen molar-refractivity contribution in [1.82, 2.24) is 24.6 Å². The smallest absolute Gasteiger partial charge is 0.422 e. The van der Waals surface area contributed by atoms with Crippen molar-refractivity contribution in [3.05, 3.63) is 36.5 Å². The van der Waals surface area contributed by atoms with E-state index in [0.29, 0.717) is 5.56 Å². The van der Waals surface area contributed by atoms with Gasteiger partial charge in [0.05, 0.1) is 18.5 Å². The Labute approximate surface area is 162 Å². The van der Waals surface area contributed by atoms with Gasteiger partial charge in [-0.1, -0.05) is 13.8 Å². The lowest BCUT2D eigenvalue weighted by Gasteiger charge is -2.13. The van der Waals surface area contributed by atoms with Crippen LogP contribution in [0.1, 0.15) is 26.6 Å². The summed E-state index contributed by atoms with van der Waals surface area (Å²) in [5.41, 5.74) is 0.674. The molecule has 0 unspecified atom stereocenters. The van der Waals surface area contributed by atoms with Gasteiger partial charge >= 0.3 is 12.3 Å². The van der Waals surface area contributed by atoms with Crippen LogP contribution in [0.5, 0.6) is 5.88 Å². The van der Waals surface area contributed by atoms with E-state index in [1.165, 1.54) is 37.6 Å². The quantitative estimate of drug-likeness (QED) is 0.557. The zero-order valence-corrected chi connectivity index (χ0v) is 15.7. The molecule has 12 heteroatoms. The van der Waals surface area contributed by atoms with Crippen molar-refractivity contribution in [2.45, 2.75) is 33.1 Å². The van der Waals surface area contributed by atoms with Gasteiger partial charge in [0, 0.05) is 24.0 Å². The molecule has 0 saturated carbocycles. The summed E-state index contributed by atoms with van der Waals surface area (Å²) in [5.74, 6) is -0.953. The zero-order chi connectivity index (χ0) is 21.7. The van der Waals surface area contributed by atoms with Gasteiger partial charge in [-0.25, -0.2) is 4.98 Å². The summed E-state index contributed by atoms with van der Waals surface area (Å²) >= 11 is 0. The van der Waals surface area contributed by atoms with Gasteiger partial charge in [-0.3, -0.25) is 9.38 Å². The highest BCUT2D eigenvalue weighted by Crippen LogP contribution is 2.29. The molecule has 3 rings (SSSR count). The molecule has 158 valence electrons. The second kappa shape index (κ2) is 9.07. The summed E-state index contributed by atoms with van der Waals surface area (Å²) in [6.45, 7) is 3.71. The van der Waals surface area contributed by atoms with Crippen molar-refractivity contribution in [2.75, 3.05) is 13.2 Å². The second-order valence-electron chi connectivity index (χ2n) is 5.26. The molecule has 3 aromatic heterocycles. The maximum atomic E-state index is 14.0. The predicted molar refractivity (Wildman–Crippen MR) is 92.4 cm³/mol. The third-order valence-electron chi connectivity index (χ3n) is 3.29. The number of hydrogen-bond acceptors (Lipinski definition) is 6. The highest BCUT2D eigenvalue weighted by Gasteiger charge is 2.38. The van der Waals surface area contributed by atoms with Gasteiger partial charge in [-0.05, 0) is 13.0 Å². The predicted octanol–water partition coefficient (Wildman–Crippen LogP) is 4.24. The van der Waals surface area contributed by atoms with E-state index in [9.17, 15) is 22.0 Å². The van der Waals surface area contributed by atoms with Gasteiger partial charge in [0.2, 0.25) is 11.7 Å². The summed E-state index contributed by atoms with van der Waals surface area (Å²) in [6, 6.07) is 2.62. The summed E-state index contributed by atoms with van der Waals surface area (Å²) in [6.07, 6.45) is -4.44. The van der Waals surface area contributed by atoms with Crippen molar-refractivity contribution in [3.8, 4) is 17.1 Å². The molecule has 0 aromatic carbocycles. The van der Waals surface area contributed by atoms with E-state index >= 15 is 0 Å². The van der Waals surface area contributed by atoms with Crippen LogP contribution in [0.25, 0.3) is 16.9 Å². The molecular formula is C17H18F5N5O2. The number of nitrogens with zero attached hydrogens (tertiary/aromatic N) is 5. The van der Waals surface area contributed by atoms with Crippen LogP contribution in [-0.4, -0.2) is 44.0 Å². The number of ether oxygens (including phenoxy) is 2. The Morgan fingerprint density at radius 1 is 1.00 bits per heavy atom. The Kier molecular flexibility index (Phi) is 7.01. The lowest BCUT2D eigenvalue weighted by Crippen LogP contribution is -2.21. The molecule has 29 heavy (non-hydrogen) atoms. The normalized spacial score (nSPS) is 11.9. The second-order valence-corrected chi connectivity index (χ2v) is 5.26. The van der Waals surface area contributed by atoms with Gasteiger partial charge in [-0.15, -0.1) is 10.2 Å². The molecule has 7 nitrogen and oxygen atoms in total. The minimum Gasteiger partial charge on any atom is -0.468 e. The number of hydrogen-bond donors (Lipinski definition) is 0. The fraction of sp³-hybridized carbons (Fsp3) is 0.412. The van der Waals surface area contributed by atoms with Crippen molar-refractivity contribution in [3.63, 3.8) is 0 Å². The number of rotatable bonds is 6. The molecule has 0 N–H and O–H groups in total. The average molecular weight is 419 g/mol. The first-order valence-corrected chi connectivity index (χ1v) is 8.58. The van der Waals surface area contributed by atoms with Gasteiger partial charge in [0.15, 0.2) is 12.3 Å². The van der Waals surface area contributed by atoms with Gasteiger partial charge in [0.1, 0.15) is 0 Å². The van der Waals surface area contributed by atoms with Crippen LogP contribution in [0.4, 0.5) is 22.0 Å². The highest BCUT2D eigenvalue weighted by molar-refractivity contribution is 5.59. The van der Waals surface area contributed by atoms with Crippen LogP contribution in [0, 0.1) is 0 Å². The third-order valence-corrected chi connectivity index (χ3v) is 3.29. The molecule has 0 aliphatic carbocycles. The monoisotopic (exact) mass is 419 g/mol. The molecule has 0 amide bonds. The highest BCUT2D eigenvalue weighted by atomic mass is 19.4. The fourth-order valence-corrected chi connectivity index (χ4v) is 2.17. The Morgan fingerprint density at radius 3 is 2.31 bits per heavy atom. The lowest BCUT2D eigenvalue weighted by atomic mass is 10.2. The van der Waals surface area contributed by atoms with E-state index in [4.69, 9.17) is 0 Å². The SMILES string of the molecule is CC.CCOC(F)(F)c1nnc2cnc(-c3ccc(OCC(F)(F)F)nc3)cn12. The summed E-state index contributed by atoms with van der Waals surface area (Å²) < 4.78 is 74.4. The first kappa shape index (κ1) is 22.4. The zero-order valence-electron chi connectivity index (χ0n) is 15.7. The van der Waals surface area contributed by atoms with Crippen LogP contribution in [0.3, 0.4) is 0 Å². The van der Waals surface area contributed by atoms with Gasteiger partial charge in [0.25, 0.3) is 0 Å². The van der Waals surface area contributed by atoms with E-state index < -0.39 is 24.7 Å². The Bertz CT molecular complexity index is 928. The molecule has 3 heterocycles. The number of pyridine rings is 1. The Balaban J connectivity index is 0.00000145. The topological polar surface area (TPSA) is 74.4 Å². The Hall–Kier alpha value is -2.89. The molecular weight excluding hydrogens is 401 g/mol. The number of fused-ring (bicyclic) bond motifs is 1. The number of alkyl halides is 5.